The summed E-state index contributed by atoms with van der Waals surface area (Å²) in [5.74, 6) is 0. The second kappa shape index (κ2) is 5.14. The standard InChI is InChI=1S/C16H24N2O/c1-2-14-11-16(12-17,8-10-19-14)18-9-7-13-5-3-4-6-15(13)18/h3-6,14H,2,7-12,17H2,1H3. The minimum absolute atomic E-state index is 0.103. The smallest absolute Gasteiger partial charge is 0.0595 e. The molecule has 3 heteroatoms. The average molecular weight is 260 g/mol. The summed E-state index contributed by atoms with van der Waals surface area (Å²) in [5, 5.41) is 0. The highest BCUT2D eigenvalue weighted by atomic mass is 16.5. The molecule has 0 radical (unpaired) electrons. The first-order valence-corrected chi connectivity index (χ1v) is 7.46. The Hall–Kier alpha value is -1.06. The molecule has 104 valence electrons. The Kier molecular flexibility index (Phi) is 3.50. The first kappa shape index (κ1) is 12.9. The van der Waals surface area contributed by atoms with E-state index in [9.17, 15) is 0 Å². The maximum atomic E-state index is 6.19. The van der Waals surface area contributed by atoms with Crippen molar-refractivity contribution in [2.24, 2.45) is 5.73 Å². The van der Waals surface area contributed by atoms with Crippen molar-refractivity contribution in [3.63, 3.8) is 0 Å². The van der Waals surface area contributed by atoms with Crippen LogP contribution in [0.2, 0.25) is 0 Å². The number of hydrogen-bond acceptors (Lipinski definition) is 3. The van der Waals surface area contributed by atoms with E-state index in [2.05, 4.69) is 36.1 Å². The van der Waals surface area contributed by atoms with Crippen LogP contribution >= 0.6 is 0 Å². The normalized spacial score (nSPS) is 30.4. The van der Waals surface area contributed by atoms with Gasteiger partial charge in [-0.3, -0.25) is 0 Å². The van der Waals surface area contributed by atoms with Crippen molar-refractivity contribution in [2.75, 3.05) is 24.6 Å². The molecule has 0 bridgehead atoms. The predicted octanol–water partition coefficient (Wildman–Crippen LogP) is 2.34. The van der Waals surface area contributed by atoms with Gasteiger partial charge in [0.2, 0.25) is 0 Å². The zero-order chi connectivity index (χ0) is 13.3. The fourth-order valence-corrected chi connectivity index (χ4v) is 3.63. The Morgan fingerprint density at radius 3 is 3.05 bits per heavy atom. The Labute approximate surface area is 115 Å². The van der Waals surface area contributed by atoms with Crippen LogP contribution in [0.4, 0.5) is 5.69 Å². The SMILES string of the molecule is CCC1CC(CN)(N2CCc3ccccc32)CCO1. The van der Waals surface area contributed by atoms with Gasteiger partial charge < -0.3 is 15.4 Å². The zero-order valence-corrected chi connectivity index (χ0v) is 11.8. The molecule has 0 aromatic heterocycles. The highest BCUT2D eigenvalue weighted by Crippen LogP contribution is 2.39. The summed E-state index contributed by atoms with van der Waals surface area (Å²) in [4.78, 5) is 2.56. The van der Waals surface area contributed by atoms with E-state index < -0.39 is 0 Å². The highest BCUT2D eigenvalue weighted by molar-refractivity contribution is 5.60. The molecule has 2 N–H and O–H groups in total. The van der Waals surface area contributed by atoms with Gasteiger partial charge in [0.1, 0.15) is 0 Å². The molecular formula is C16H24N2O. The molecule has 1 aromatic rings. The molecule has 2 heterocycles. The van der Waals surface area contributed by atoms with Gasteiger partial charge in [-0.05, 0) is 37.3 Å². The zero-order valence-electron chi connectivity index (χ0n) is 11.8. The van der Waals surface area contributed by atoms with E-state index in [1.807, 2.05) is 0 Å². The van der Waals surface area contributed by atoms with Crippen molar-refractivity contribution in [3.05, 3.63) is 29.8 Å². The van der Waals surface area contributed by atoms with Crippen LogP contribution in [0.3, 0.4) is 0 Å². The molecule has 0 spiro atoms. The third-order valence-corrected chi connectivity index (χ3v) is 4.82. The Bertz CT molecular complexity index is 448. The van der Waals surface area contributed by atoms with Crippen LogP contribution in [0, 0.1) is 0 Å². The minimum Gasteiger partial charge on any atom is -0.378 e. The fraction of sp³-hybridized carbons (Fsp3) is 0.625. The number of nitrogens with two attached hydrogens (primary N) is 1. The average Bonchev–Trinajstić information content (AvgIpc) is 2.91. The van der Waals surface area contributed by atoms with E-state index in [1.54, 1.807) is 0 Å². The number of ether oxygens (including phenoxy) is 1. The molecule has 0 saturated carbocycles. The van der Waals surface area contributed by atoms with Gasteiger partial charge in [-0.15, -0.1) is 0 Å². The third-order valence-electron chi connectivity index (χ3n) is 4.82. The summed E-state index contributed by atoms with van der Waals surface area (Å²) in [6.07, 6.45) is 4.71. The van der Waals surface area contributed by atoms with E-state index in [-0.39, 0.29) is 5.54 Å². The molecule has 2 aliphatic heterocycles. The van der Waals surface area contributed by atoms with Gasteiger partial charge in [0.25, 0.3) is 0 Å². The molecule has 2 atom stereocenters. The fourth-order valence-electron chi connectivity index (χ4n) is 3.63. The number of hydrogen-bond donors (Lipinski definition) is 1. The number of rotatable bonds is 3. The van der Waals surface area contributed by atoms with E-state index >= 15 is 0 Å². The molecule has 0 aliphatic carbocycles. The quantitative estimate of drug-likeness (QED) is 0.906. The van der Waals surface area contributed by atoms with Crippen molar-refractivity contribution < 1.29 is 4.74 Å². The van der Waals surface area contributed by atoms with Gasteiger partial charge in [-0.1, -0.05) is 25.1 Å². The monoisotopic (exact) mass is 260 g/mol. The number of anilines is 1. The van der Waals surface area contributed by atoms with Gasteiger partial charge in [0.15, 0.2) is 0 Å². The topological polar surface area (TPSA) is 38.5 Å². The lowest BCUT2D eigenvalue weighted by molar-refractivity contribution is -0.0195. The summed E-state index contributed by atoms with van der Waals surface area (Å²) in [6, 6.07) is 8.76. The number of para-hydroxylation sites is 1. The van der Waals surface area contributed by atoms with Crippen molar-refractivity contribution in [2.45, 2.75) is 44.2 Å². The molecule has 0 amide bonds. The van der Waals surface area contributed by atoms with Gasteiger partial charge >= 0.3 is 0 Å². The Morgan fingerprint density at radius 1 is 1.42 bits per heavy atom. The van der Waals surface area contributed by atoms with E-state index in [1.165, 1.54) is 11.3 Å². The van der Waals surface area contributed by atoms with Crippen LogP contribution in [0.15, 0.2) is 24.3 Å². The summed E-state index contributed by atoms with van der Waals surface area (Å²) in [6.45, 7) is 4.87. The molecule has 2 unspecified atom stereocenters. The van der Waals surface area contributed by atoms with Crippen LogP contribution in [-0.2, 0) is 11.2 Å². The maximum absolute atomic E-state index is 6.19. The van der Waals surface area contributed by atoms with E-state index in [0.717, 1.165) is 45.4 Å². The molecular weight excluding hydrogens is 236 g/mol. The van der Waals surface area contributed by atoms with E-state index in [4.69, 9.17) is 10.5 Å². The van der Waals surface area contributed by atoms with E-state index in [0.29, 0.717) is 6.10 Å². The molecule has 19 heavy (non-hydrogen) atoms. The summed E-state index contributed by atoms with van der Waals surface area (Å²) >= 11 is 0. The Balaban J connectivity index is 1.91. The molecule has 1 aromatic carbocycles. The van der Waals surface area contributed by atoms with Crippen molar-refractivity contribution >= 4 is 5.69 Å². The van der Waals surface area contributed by atoms with Gasteiger partial charge in [-0.2, -0.15) is 0 Å². The molecule has 3 rings (SSSR count). The lowest BCUT2D eigenvalue weighted by atomic mass is 9.84. The number of benzene rings is 1. The minimum atomic E-state index is 0.103. The van der Waals surface area contributed by atoms with Crippen LogP contribution in [0.1, 0.15) is 31.7 Å². The van der Waals surface area contributed by atoms with Gasteiger partial charge in [0, 0.05) is 25.4 Å². The van der Waals surface area contributed by atoms with Crippen LogP contribution < -0.4 is 10.6 Å². The molecule has 2 aliphatic rings. The Morgan fingerprint density at radius 2 is 2.26 bits per heavy atom. The second-order valence-corrected chi connectivity index (χ2v) is 5.81. The first-order chi connectivity index (χ1) is 9.29. The van der Waals surface area contributed by atoms with Crippen molar-refractivity contribution in [1.29, 1.82) is 0 Å². The highest BCUT2D eigenvalue weighted by Gasteiger charge is 2.42. The number of nitrogens with zero attached hydrogens (tertiary/aromatic N) is 1. The third kappa shape index (κ3) is 2.15. The first-order valence-electron chi connectivity index (χ1n) is 7.46. The maximum Gasteiger partial charge on any atom is 0.0595 e. The summed E-state index contributed by atoms with van der Waals surface area (Å²) < 4.78 is 5.85. The van der Waals surface area contributed by atoms with Gasteiger partial charge in [0.05, 0.1) is 11.6 Å². The van der Waals surface area contributed by atoms with Crippen LogP contribution in [0.5, 0.6) is 0 Å². The van der Waals surface area contributed by atoms with Crippen molar-refractivity contribution in [1.82, 2.24) is 0 Å². The van der Waals surface area contributed by atoms with Crippen molar-refractivity contribution in [3.8, 4) is 0 Å². The summed E-state index contributed by atoms with van der Waals surface area (Å²) in [7, 11) is 0. The van der Waals surface area contributed by atoms with Crippen LogP contribution in [0.25, 0.3) is 0 Å². The molecule has 3 nitrogen and oxygen atoms in total. The largest absolute Gasteiger partial charge is 0.378 e. The molecule has 1 saturated heterocycles. The number of fused-ring (bicyclic) bond motifs is 1. The predicted molar refractivity (Wildman–Crippen MR) is 78.5 cm³/mol. The summed E-state index contributed by atoms with van der Waals surface area (Å²) in [5.41, 5.74) is 9.16. The lowest BCUT2D eigenvalue weighted by Crippen LogP contribution is -2.58. The van der Waals surface area contributed by atoms with Gasteiger partial charge in [-0.25, -0.2) is 0 Å². The lowest BCUT2D eigenvalue weighted by Gasteiger charge is -2.47. The molecule has 1 fully saturated rings. The second-order valence-electron chi connectivity index (χ2n) is 5.81. The van der Waals surface area contributed by atoms with Crippen LogP contribution in [-0.4, -0.2) is 31.3 Å².